The molecule has 0 atom stereocenters. The SMILES string of the molecule is CCCCCC/C=C\CCCCCCCC(=O)N=C(N)N(C)CC(=O)O. The summed E-state index contributed by atoms with van der Waals surface area (Å²) in [5, 5.41) is 8.66. The second-order valence-corrected chi connectivity index (χ2v) is 6.74. The third kappa shape index (κ3) is 15.7. The van der Waals surface area contributed by atoms with E-state index < -0.39 is 5.97 Å². The van der Waals surface area contributed by atoms with Crippen molar-refractivity contribution in [3.63, 3.8) is 0 Å². The number of rotatable bonds is 15. The van der Waals surface area contributed by atoms with Gasteiger partial charge in [0.2, 0.25) is 5.91 Å². The maximum Gasteiger partial charge on any atom is 0.323 e. The van der Waals surface area contributed by atoms with E-state index in [2.05, 4.69) is 24.1 Å². The molecule has 6 heteroatoms. The number of nitrogens with zero attached hydrogens (tertiary/aromatic N) is 2. The molecule has 0 saturated carbocycles. The lowest BCUT2D eigenvalue weighted by atomic mass is 10.1. The molecule has 6 nitrogen and oxygen atoms in total. The average Bonchev–Trinajstić information content (AvgIpc) is 2.58. The van der Waals surface area contributed by atoms with Crippen LogP contribution in [-0.2, 0) is 9.59 Å². The Bertz CT molecular complexity index is 448. The molecule has 0 aromatic carbocycles. The molecule has 0 rings (SSSR count). The number of unbranched alkanes of at least 4 members (excludes halogenated alkanes) is 9. The van der Waals surface area contributed by atoms with Gasteiger partial charge in [0, 0.05) is 13.5 Å². The Morgan fingerprint density at radius 3 is 2.08 bits per heavy atom. The van der Waals surface area contributed by atoms with Gasteiger partial charge in [-0.05, 0) is 32.1 Å². The van der Waals surface area contributed by atoms with Crippen LogP contribution < -0.4 is 5.73 Å². The van der Waals surface area contributed by atoms with Gasteiger partial charge in [-0.3, -0.25) is 9.59 Å². The molecule has 3 N–H and O–H groups in total. The monoisotopic (exact) mass is 367 g/mol. The predicted molar refractivity (Wildman–Crippen MR) is 107 cm³/mol. The van der Waals surface area contributed by atoms with Crippen molar-refractivity contribution >= 4 is 17.8 Å². The van der Waals surface area contributed by atoms with Crippen molar-refractivity contribution in [2.75, 3.05) is 13.6 Å². The van der Waals surface area contributed by atoms with Crippen LogP contribution in [0.5, 0.6) is 0 Å². The number of carbonyl (C=O) groups excluding carboxylic acids is 1. The number of amides is 1. The summed E-state index contributed by atoms with van der Waals surface area (Å²) in [5.74, 6) is -1.34. The summed E-state index contributed by atoms with van der Waals surface area (Å²) >= 11 is 0. The van der Waals surface area contributed by atoms with E-state index in [9.17, 15) is 9.59 Å². The Morgan fingerprint density at radius 1 is 0.962 bits per heavy atom. The Labute approximate surface area is 158 Å². The molecule has 0 aromatic rings. The van der Waals surface area contributed by atoms with Gasteiger partial charge < -0.3 is 15.7 Å². The highest BCUT2D eigenvalue weighted by Crippen LogP contribution is 2.09. The highest BCUT2D eigenvalue weighted by atomic mass is 16.4. The number of nitrogens with two attached hydrogens (primary N) is 1. The molecule has 0 radical (unpaired) electrons. The molecule has 0 aliphatic rings. The molecular weight excluding hydrogens is 330 g/mol. The van der Waals surface area contributed by atoms with Crippen LogP contribution in [0.3, 0.4) is 0 Å². The molecule has 0 fully saturated rings. The van der Waals surface area contributed by atoms with Gasteiger partial charge in [-0.2, -0.15) is 4.99 Å². The number of hydrogen-bond acceptors (Lipinski definition) is 2. The fraction of sp³-hybridized carbons (Fsp3) is 0.750. The van der Waals surface area contributed by atoms with E-state index in [1.54, 1.807) is 0 Å². The average molecular weight is 368 g/mol. The van der Waals surface area contributed by atoms with E-state index in [1.165, 1.54) is 56.9 Å². The van der Waals surface area contributed by atoms with Crippen LogP contribution in [0.1, 0.15) is 84.0 Å². The predicted octanol–water partition coefficient (Wildman–Crippen LogP) is 4.10. The topological polar surface area (TPSA) is 96.0 Å². The van der Waals surface area contributed by atoms with E-state index in [1.807, 2.05) is 0 Å². The van der Waals surface area contributed by atoms with Gasteiger partial charge >= 0.3 is 5.97 Å². The zero-order chi connectivity index (χ0) is 19.6. The zero-order valence-electron chi connectivity index (χ0n) is 16.6. The van der Waals surface area contributed by atoms with E-state index >= 15 is 0 Å². The van der Waals surface area contributed by atoms with E-state index in [0.717, 1.165) is 25.7 Å². The lowest BCUT2D eigenvalue weighted by Gasteiger charge is -2.14. The van der Waals surface area contributed by atoms with Crippen LogP contribution in [-0.4, -0.2) is 41.4 Å². The van der Waals surface area contributed by atoms with Gasteiger partial charge in [-0.1, -0.05) is 57.6 Å². The van der Waals surface area contributed by atoms with Gasteiger partial charge in [0.25, 0.3) is 0 Å². The van der Waals surface area contributed by atoms with Crippen molar-refractivity contribution in [3.8, 4) is 0 Å². The number of aliphatic imine (C=N–C) groups is 1. The lowest BCUT2D eigenvalue weighted by molar-refractivity contribution is -0.137. The summed E-state index contributed by atoms with van der Waals surface area (Å²) in [7, 11) is 1.50. The normalized spacial score (nSPS) is 11.8. The molecule has 1 amide bonds. The number of guanidine groups is 1. The van der Waals surface area contributed by atoms with E-state index in [0.29, 0.717) is 6.42 Å². The highest BCUT2D eigenvalue weighted by molar-refractivity contribution is 5.93. The fourth-order valence-electron chi connectivity index (χ4n) is 2.55. The molecule has 150 valence electrons. The molecule has 0 bridgehead atoms. The number of carboxylic acids is 1. The number of likely N-dealkylation sites (N-methyl/N-ethyl adjacent to an activating group) is 1. The molecule has 0 aromatic heterocycles. The van der Waals surface area contributed by atoms with Crippen molar-refractivity contribution < 1.29 is 14.7 Å². The third-order valence-corrected chi connectivity index (χ3v) is 4.16. The summed E-state index contributed by atoms with van der Waals surface area (Å²) in [6.45, 7) is 1.96. The van der Waals surface area contributed by atoms with Gasteiger partial charge in [-0.15, -0.1) is 0 Å². The van der Waals surface area contributed by atoms with Crippen molar-refractivity contribution in [1.82, 2.24) is 4.90 Å². The second-order valence-electron chi connectivity index (χ2n) is 6.74. The van der Waals surface area contributed by atoms with E-state index in [-0.39, 0.29) is 18.4 Å². The first-order valence-electron chi connectivity index (χ1n) is 9.92. The van der Waals surface area contributed by atoms with Gasteiger partial charge in [0.05, 0.1) is 0 Å². The van der Waals surface area contributed by atoms with Gasteiger partial charge in [-0.25, -0.2) is 0 Å². The summed E-state index contributed by atoms with van der Waals surface area (Å²) in [5.41, 5.74) is 5.60. The van der Waals surface area contributed by atoms with Crippen LogP contribution in [0.4, 0.5) is 0 Å². The molecule has 0 heterocycles. The number of hydrogen-bond donors (Lipinski definition) is 2. The largest absolute Gasteiger partial charge is 0.480 e. The van der Waals surface area contributed by atoms with Gasteiger partial charge in [0.1, 0.15) is 6.54 Å². The Hall–Kier alpha value is -1.85. The van der Waals surface area contributed by atoms with Crippen molar-refractivity contribution in [2.45, 2.75) is 84.0 Å². The first-order chi connectivity index (χ1) is 12.5. The second kappa shape index (κ2) is 16.6. The molecular formula is C20H37N3O3. The summed E-state index contributed by atoms with van der Waals surface area (Å²) in [4.78, 5) is 27.2. The van der Waals surface area contributed by atoms with Crippen LogP contribution in [0.25, 0.3) is 0 Å². The minimum absolute atomic E-state index is 0.0427. The molecule has 26 heavy (non-hydrogen) atoms. The zero-order valence-corrected chi connectivity index (χ0v) is 16.6. The Kier molecular flexibility index (Phi) is 15.4. The third-order valence-electron chi connectivity index (χ3n) is 4.16. The number of carbonyl (C=O) groups is 2. The van der Waals surface area contributed by atoms with Crippen molar-refractivity contribution in [2.24, 2.45) is 10.7 Å². The highest BCUT2D eigenvalue weighted by Gasteiger charge is 2.08. The fourth-order valence-corrected chi connectivity index (χ4v) is 2.55. The minimum atomic E-state index is -1.01. The van der Waals surface area contributed by atoms with Crippen LogP contribution >= 0.6 is 0 Å². The van der Waals surface area contributed by atoms with Gasteiger partial charge in [0.15, 0.2) is 5.96 Å². The molecule has 0 unspecified atom stereocenters. The smallest absolute Gasteiger partial charge is 0.323 e. The summed E-state index contributed by atoms with van der Waals surface area (Å²) in [6.07, 6.45) is 17.9. The molecule has 0 saturated heterocycles. The van der Waals surface area contributed by atoms with Crippen molar-refractivity contribution in [1.29, 1.82) is 0 Å². The number of aliphatic carboxylic acids is 1. The number of carboxylic acid groups (broad SMARTS) is 1. The first-order valence-corrected chi connectivity index (χ1v) is 9.92. The first kappa shape index (κ1) is 24.1. The lowest BCUT2D eigenvalue weighted by Crippen LogP contribution is -2.38. The van der Waals surface area contributed by atoms with Crippen molar-refractivity contribution in [3.05, 3.63) is 12.2 Å². The maximum atomic E-state index is 11.7. The Balaban J connectivity index is 3.58. The van der Waals surface area contributed by atoms with Crippen LogP contribution in [0, 0.1) is 0 Å². The molecule has 0 aliphatic carbocycles. The summed E-state index contributed by atoms with van der Waals surface area (Å²) < 4.78 is 0. The maximum absolute atomic E-state index is 11.7. The van der Waals surface area contributed by atoms with E-state index in [4.69, 9.17) is 10.8 Å². The van der Waals surface area contributed by atoms with Crippen LogP contribution in [0.2, 0.25) is 0 Å². The quantitative estimate of drug-likeness (QED) is 0.197. The van der Waals surface area contributed by atoms with Crippen LogP contribution in [0.15, 0.2) is 17.1 Å². The molecule has 0 spiro atoms. The molecule has 0 aliphatic heterocycles. The minimum Gasteiger partial charge on any atom is -0.480 e. The number of allylic oxidation sites excluding steroid dienone is 2. The Morgan fingerprint density at radius 2 is 1.50 bits per heavy atom. The summed E-state index contributed by atoms with van der Waals surface area (Å²) in [6, 6.07) is 0. The standard InChI is InChI=1S/C20H37N3O3/c1-3-4-5-6-7-8-9-10-11-12-13-14-15-16-18(24)22-20(21)23(2)17-19(25)26/h8-9H,3-7,10-17H2,1-2H3,(H,25,26)(H2,21,22,24)/b9-8-.